The van der Waals surface area contributed by atoms with Gasteiger partial charge in [-0.25, -0.2) is 0 Å². The van der Waals surface area contributed by atoms with Crippen molar-refractivity contribution in [3.8, 4) is 0 Å². The van der Waals surface area contributed by atoms with Crippen LogP contribution >= 0.6 is 15.9 Å². The Morgan fingerprint density at radius 2 is 2.15 bits per heavy atom. The number of aliphatic hydroxyl groups is 1. The van der Waals surface area contributed by atoms with E-state index in [0.717, 1.165) is 10.0 Å². The van der Waals surface area contributed by atoms with Crippen LogP contribution in [0.25, 0.3) is 0 Å². The van der Waals surface area contributed by atoms with Crippen molar-refractivity contribution in [2.45, 2.75) is 12.5 Å². The summed E-state index contributed by atoms with van der Waals surface area (Å²) in [5, 5.41) is 13.2. The summed E-state index contributed by atoms with van der Waals surface area (Å²) in [6.45, 7) is 3.33. The number of β-amino-alcohol motifs (C(OH)–C–C–N with tert-alkyl or cyclic N) is 1. The molecule has 1 aromatic carbocycles. The summed E-state index contributed by atoms with van der Waals surface area (Å²) in [5.41, 5.74) is 1.51. The zero-order chi connectivity index (χ0) is 9.47. The van der Waals surface area contributed by atoms with Gasteiger partial charge in [0.25, 0.3) is 0 Å². The molecular weight excluding hydrogens is 230 g/mol. The van der Waals surface area contributed by atoms with Crippen molar-refractivity contribution < 1.29 is 5.11 Å². The number of aryl methyl sites for hydroxylation is 1. The first-order valence-electron chi connectivity index (χ1n) is 4.31. The van der Waals surface area contributed by atoms with Crippen molar-refractivity contribution in [1.29, 1.82) is 0 Å². The highest BCUT2D eigenvalue weighted by Crippen LogP contribution is 2.32. The summed E-state index contributed by atoms with van der Waals surface area (Å²) >= 11 is 3.45. The van der Waals surface area contributed by atoms with Crippen molar-refractivity contribution in [2.75, 3.05) is 13.1 Å². The molecule has 0 aliphatic carbocycles. The largest absolute Gasteiger partial charge is 0.382 e. The van der Waals surface area contributed by atoms with E-state index in [4.69, 9.17) is 0 Å². The first-order chi connectivity index (χ1) is 6.12. The molecule has 1 aliphatic heterocycles. The third-order valence-electron chi connectivity index (χ3n) is 2.46. The van der Waals surface area contributed by atoms with Crippen molar-refractivity contribution in [2.24, 2.45) is 0 Å². The molecule has 0 amide bonds. The Kier molecular flexibility index (Phi) is 2.18. The predicted octanol–water partition coefficient (Wildman–Crippen LogP) is 1.55. The minimum Gasteiger partial charge on any atom is -0.382 e. The van der Waals surface area contributed by atoms with E-state index in [-0.39, 0.29) is 0 Å². The second-order valence-corrected chi connectivity index (χ2v) is 4.47. The molecule has 0 atom stereocenters. The van der Waals surface area contributed by atoms with Crippen LogP contribution in [0.5, 0.6) is 0 Å². The van der Waals surface area contributed by atoms with Crippen LogP contribution in [-0.2, 0) is 5.60 Å². The summed E-state index contributed by atoms with van der Waals surface area (Å²) in [6, 6.07) is 6.05. The maximum absolute atomic E-state index is 10.1. The zero-order valence-corrected chi connectivity index (χ0v) is 9.06. The fourth-order valence-corrected chi connectivity index (χ4v) is 2.16. The lowest BCUT2D eigenvalue weighted by Gasteiger charge is -2.38. The summed E-state index contributed by atoms with van der Waals surface area (Å²) in [5.74, 6) is 0. The first-order valence-corrected chi connectivity index (χ1v) is 5.11. The fourth-order valence-electron chi connectivity index (χ4n) is 1.55. The quantitative estimate of drug-likeness (QED) is 0.783. The summed E-state index contributed by atoms with van der Waals surface area (Å²) < 4.78 is 0.988. The molecule has 0 radical (unpaired) electrons. The van der Waals surface area contributed by atoms with Crippen LogP contribution in [0.2, 0.25) is 0 Å². The lowest BCUT2D eigenvalue weighted by Crippen LogP contribution is -2.56. The Labute approximate surface area is 86.1 Å². The Balaban J connectivity index is 2.43. The monoisotopic (exact) mass is 241 g/mol. The lowest BCUT2D eigenvalue weighted by molar-refractivity contribution is -0.0153. The number of hydrogen-bond acceptors (Lipinski definition) is 2. The Morgan fingerprint density at radius 1 is 1.46 bits per heavy atom. The summed E-state index contributed by atoms with van der Waals surface area (Å²) in [4.78, 5) is 0. The molecular formula is C10H12BrNO. The Hall–Kier alpha value is -0.380. The second-order valence-electron chi connectivity index (χ2n) is 3.62. The third-order valence-corrected chi connectivity index (χ3v) is 3.15. The third kappa shape index (κ3) is 1.52. The normalized spacial score (nSPS) is 19.6. The van der Waals surface area contributed by atoms with Crippen LogP contribution < -0.4 is 5.32 Å². The van der Waals surface area contributed by atoms with Crippen LogP contribution in [0.3, 0.4) is 0 Å². The van der Waals surface area contributed by atoms with Gasteiger partial charge in [0, 0.05) is 23.1 Å². The van der Waals surface area contributed by atoms with Gasteiger partial charge >= 0.3 is 0 Å². The maximum Gasteiger partial charge on any atom is 0.115 e. The Bertz CT molecular complexity index is 334. The lowest BCUT2D eigenvalue weighted by atomic mass is 9.87. The number of nitrogens with one attached hydrogen (secondary N) is 1. The van der Waals surface area contributed by atoms with Crippen LogP contribution in [0.1, 0.15) is 11.1 Å². The molecule has 1 aromatic rings. The molecule has 1 fully saturated rings. The van der Waals surface area contributed by atoms with E-state index in [1.165, 1.54) is 5.56 Å². The molecule has 1 saturated heterocycles. The Morgan fingerprint density at radius 3 is 2.69 bits per heavy atom. The molecule has 0 bridgehead atoms. The van der Waals surface area contributed by atoms with Gasteiger partial charge < -0.3 is 10.4 Å². The zero-order valence-electron chi connectivity index (χ0n) is 7.47. The van der Waals surface area contributed by atoms with E-state index in [0.29, 0.717) is 13.1 Å². The molecule has 1 heterocycles. The average molecular weight is 242 g/mol. The number of rotatable bonds is 1. The first kappa shape index (κ1) is 9.19. The van der Waals surface area contributed by atoms with Crippen molar-refractivity contribution in [3.05, 3.63) is 33.8 Å². The van der Waals surface area contributed by atoms with Gasteiger partial charge in [-0.3, -0.25) is 0 Å². The highest BCUT2D eigenvalue weighted by molar-refractivity contribution is 9.10. The van der Waals surface area contributed by atoms with E-state index in [1.807, 2.05) is 25.1 Å². The van der Waals surface area contributed by atoms with Gasteiger partial charge in [-0.05, 0) is 13.0 Å². The molecule has 0 unspecified atom stereocenters. The van der Waals surface area contributed by atoms with E-state index >= 15 is 0 Å². The molecule has 3 heteroatoms. The van der Waals surface area contributed by atoms with E-state index in [1.54, 1.807) is 0 Å². The van der Waals surface area contributed by atoms with Gasteiger partial charge in [0.05, 0.1) is 0 Å². The molecule has 2 rings (SSSR count). The number of halogens is 1. The molecule has 2 N–H and O–H groups in total. The van der Waals surface area contributed by atoms with Crippen molar-refractivity contribution >= 4 is 15.9 Å². The van der Waals surface area contributed by atoms with E-state index in [9.17, 15) is 5.11 Å². The van der Waals surface area contributed by atoms with Crippen LogP contribution in [0, 0.1) is 6.92 Å². The number of hydrogen-bond donors (Lipinski definition) is 2. The van der Waals surface area contributed by atoms with Crippen LogP contribution in [0.15, 0.2) is 22.7 Å². The van der Waals surface area contributed by atoms with E-state index in [2.05, 4.69) is 21.2 Å². The second kappa shape index (κ2) is 3.08. The topological polar surface area (TPSA) is 32.3 Å². The van der Waals surface area contributed by atoms with Gasteiger partial charge in [-0.15, -0.1) is 0 Å². The molecule has 1 aliphatic rings. The van der Waals surface area contributed by atoms with Gasteiger partial charge in [0.2, 0.25) is 0 Å². The van der Waals surface area contributed by atoms with Gasteiger partial charge in [0.15, 0.2) is 0 Å². The predicted molar refractivity (Wildman–Crippen MR) is 55.6 cm³/mol. The minimum atomic E-state index is -0.662. The molecule has 13 heavy (non-hydrogen) atoms. The fraction of sp³-hybridized carbons (Fsp3) is 0.400. The molecule has 70 valence electrons. The standard InChI is InChI=1S/C10H12BrNO/c1-7-2-3-9(11)8(4-7)10(13)5-12-6-10/h2-4,12-13H,5-6H2,1H3. The minimum absolute atomic E-state index is 0.648. The smallest absolute Gasteiger partial charge is 0.115 e. The van der Waals surface area contributed by atoms with Crippen molar-refractivity contribution in [3.63, 3.8) is 0 Å². The highest BCUT2D eigenvalue weighted by Gasteiger charge is 2.37. The van der Waals surface area contributed by atoms with Crippen molar-refractivity contribution in [1.82, 2.24) is 5.32 Å². The average Bonchev–Trinajstić information content (AvgIpc) is 2.05. The van der Waals surface area contributed by atoms with E-state index < -0.39 is 5.60 Å². The molecule has 0 saturated carbocycles. The van der Waals surface area contributed by atoms with Gasteiger partial charge in [-0.2, -0.15) is 0 Å². The van der Waals surface area contributed by atoms with Gasteiger partial charge in [-0.1, -0.05) is 33.6 Å². The SMILES string of the molecule is Cc1ccc(Br)c(C2(O)CNC2)c1. The summed E-state index contributed by atoms with van der Waals surface area (Å²) in [7, 11) is 0. The van der Waals surface area contributed by atoms with Crippen LogP contribution in [0.4, 0.5) is 0 Å². The maximum atomic E-state index is 10.1. The molecule has 2 nitrogen and oxygen atoms in total. The molecule has 0 spiro atoms. The highest BCUT2D eigenvalue weighted by atomic mass is 79.9. The van der Waals surface area contributed by atoms with Crippen LogP contribution in [-0.4, -0.2) is 18.2 Å². The number of benzene rings is 1. The van der Waals surface area contributed by atoms with Gasteiger partial charge in [0.1, 0.15) is 5.60 Å². The molecule has 0 aromatic heterocycles. The summed E-state index contributed by atoms with van der Waals surface area (Å²) in [6.07, 6.45) is 0.